The molecule has 2 aromatic carbocycles. The first kappa shape index (κ1) is 25.5. The lowest BCUT2D eigenvalue weighted by atomic mass is 10.2. The van der Waals surface area contributed by atoms with Gasteiger partial charge < -0.3 is 25.4 Å². The molecule has 0 aliphatic heterocycles. The van der Waals surface area contributed by atoms with Crippen molar-refractivity contribution in [2.45, 2.75) is 20.0 Å². The standard InChI is InChI=1S/C22H30N4O3.HI/c1-16-6-5-7-20(14-16)29-17(2)15-26-22(23-3)25-13-12-24-21(27)18-8-10-19(28-4)11-9-18;/h5-11,14,17H,12-13,15H2,1-4H3,(H,24,27)(H2,23,25,26);1H. The van der Waals surface area contributed by atoms with E-state index in [1.165, 1.54) is 0 Å². The molecule has 2 aromatic rings. The molecule has 0 aliphatic carbocycles. The van der Waals surface area contributed by atoms with Crippen LogP contribution in [0.2, 0.25) is 0 Å². The van der Waals surface area contributed by atoms with Crippen molar-refractivity contribution in [2.75, 3.05) is 33.8 Å². The van der Waals surface area contributed by atoms with Crippen LogP contribution in [0, 0.1) is 6.92 Å². The summed E-state index contributed by atoms with van der Waals surface area (Å²) in [6.45, 7) is 5.66. The van der Waals surface area contributed by atoms with E-state index in [-0.39, 0.29) is 36.0 Å². The third kappa shape index (κ3) is 8.89. The molecule has 8 heteroatoms. The number of hydrogen-bond acceptors (Lipinski definition) is 4. The Bertz CT molecular complexity index is 812. The summed E-state index contributed by atoms with van der Waals surface area (Å²) in [7, 11) is 3.30. The Balaban J connectivity index is 0.00000450. The summed E-state index contributed by atoms with van der Waals surface area (Å²) >= 11 is 0. The second kappa shape index (κ2) is 13.7. The van der Waals surface area contributed by atoms with E-state index < -0.39 is 0 Å². The van der Waals surface area contributed by atoms with Gasteiger partial charge in [0.15, 0.2) is 5.96 Å². The highest BCUT2D eigenvalue weighted by Gasteiger charge is 2.07. The molecule has 0 fully saturated rings. The van der Waals surface area contributed by atoms with Crippen molar-refractivity contribution in [3.05, 3.63) is 59.7 Å². The second-order valence-electron chi connectivity index (χ2n) is 6.61. The van der Waals surface area contributed by atoms with E-state index in [1.807, 2.05) is 38.1 Å². The van der Waals surface area contributed by atoms with Crippen molar-refractivity contribution in [3.63, 3.8) is 0 Å². The molecule has 0 bridgehead atoms. The van der Waals surface area contributed by atoms with Gasteiger partial charge in [0.05, 0.1) is 13.7 Å². The number of carbonyl (C=O) groups is 1. The van der Waals surface area contributed by atoms with E-state index in [2.05, 4.69) is 20.9 Å². The van der Waals surface area contributed by atoms with Gasteiger partial charge in [-0.15, -0.1) is 24.0 Å². The van der Waals surface area contributed by atoms with Gasteiger partial charge in [-0.1, -0.05) is 12.1 Å². The average molecular weight is 526 g/mol. The van der Waals surface area contributed by atoms with Crippen molar-refractivity contribution < 1.29 is 14.3 Å². The fourth-order valence-corrected chi connectivity index (χ4v) is 2.63. The minimum Gasteiger partial charge on any atom is -0.497 e. The first-order valence-electron chi connectivity index (χ1n) is 9.62. The number of methoxy groups -OCH3 is 1. The molecule has 0 saturated heterocycles. The van der Waals surface area contributed by atoms with Gasteiger partial charge in [-0.05, 0) is 55.8 Å². The number of carbonyl (C=O) groups excluding carboxylic acids is 1. The van der Waals surface area contributed by atoms with E-state index >= 15 is 0 Å². The van der Waals surface area contributed by atoms with Crippen molar-refractivity contribution in [1.29, 1.82) is 0 Å². The maximum Gasteiger partial charge on any atom is 0.251 e. The average Bonchev–Trinajstić information content (AvgIpc) is 2.73. The molecule has 30 heavy (non-hydrogen) atoms. The molecule has 7 nitrogen and oxygen atoms in total. The van der Waals surface area contributed by atoms with Crippen LogP contribution in [0.3, 0.4) is 0 Å². The SMILES string of the molecule is CN=C(NCCNC(=O)c1ccc(OC)cc1)NCC(C)Oc1cccc(C)c1.I. The highest BCUT2D eigenvalue weighted by molar-refractivity contribution is 14.0. The molecule has 1 amide bonds. The fraction of sp³-hybridized carbons (Fsp3) is 0.364. The van der Waals surface area contributed by atoms with Crippen LogP contribution in [-0.2, 0) is 0 Å². The molecule has 0 heterocycles. The van der Waals surface area contributed by atoms with Gasteiger partial charge in [-0.25, -0.2) is 0 Å². The predicted octanol–water partition coefficient (Wildman–Crippen LogP) is 2.98. The number of guanidine groups is 1. The lowest BCUT2D eigenvalue weighted by Crippen LogP contribution is -2.44. The molecule has 1 unspecified atom stereocenters. The van der Waals surface area contributed by atoms with Crippen molar-refractivity contribution in [3.8, 4) is 11.5 Å². The molecular formula is C22H31IN4O3. The normalized spacial score (nSPS) is 11.7. The molecule has 3 N–H and O–H groups in total. The summed E-state index contributed by atoms with van der Waals surface area (Å²) in [6.07, 6.45) is -0.0230. The van der Waals surface area contributed by atoms with E-state index in [9.17, 15) is 4.79 Å². The summed E-state index contributed by atoms with van der Waals surface area (Å²) in [5.41, 5.74) is 1.76. The van der Waals surface area contributed by atoms with E-state index in [1.54, 1.807) is 38.4 Å². The van der Waals surface area contributed by atoms with Crippen molar-refractivity contribution >= 4 is 35.8 Å². The zero-order valence-electron chi connectivity index (χ0n) is 17.9. The van der Waals surface area contributed by atoms with E-state index in [4.69, 9.17) is 9.47 Å². The molecule has 0 spiro atoms. The molecule has 2 rings (SSSR count). The number of halogens is 1. The van der Waals surface area contributed by atoms with Crippen LogP contribution in [0.5, 0.6) is 11.5 Å². The molecule has 0 saturated carbocycles. The zero-order chi connectivity index (χ0) is 21.1. The Morgan fingerprint density at radius 1 is 1.03 bits per heavy atom. The van der Waals surface area contributed by atoms with Crippen molar-refractivity contribution in [2.24, 2.45) is 4.99 Å². The Kier molecular flexibility index (Phi) is 11.7. The number of hydrogen-bond donors (Lipinski definition) is 3. The van der Waals surface area contributed by atoms with Crippen molar-refractivity contribution in [1.82, 2.24) is 16.0 Å². The number of ether oxygens (including phenoxy) is 2. The number of rotatable bonds is 9. The van der Waals surface area contributed by atoms with E-state index in [0.717, 1.165) is 17.1 Å². The van der Waals surface area contributed by atoms with Crippen LogP contribution < -0.4 is 25.4 Å². The van der Waals surface area contributed by atoms with Crippen LogP contribution in [0.4, 0.5) is 0 Å². The van der Waals surface area contributed by atoms with Gasteiger partial charge in [0, 0.05) is 25.7 Å². The summed E-state index contributed by atoms with van der Waals surface area (Å²) in [5, 5.41) is 9.26. The third-order valence-corrected chi connectivity index (χ3v) is 4.16. The summed E-state index contributed by atoms with van der Waals surface area (Å²) < 4.78 is 11.0. The molecule has 0 radical (unpaired) electrons. The zero-order valence-corrected chi connectivity index (χ0v) is 20.2. The predicted molar refractivity (Wildman–Crippen MR) is 131 cm³/mol. The number of aryl methyl sites for hydroxylation is 1. The third-order valence-electron chi connectivity index (χ3n) is 4.16. The lowest BCUT2D eigenvalue weighted by Gasteiger charge is -2.18. The highest BCUT2D eigenvalue weighted by Crippen LogP contribution is 2.14. The molecule has 1 atom stereocenters. The maximum absolute atomic E-state index is 12.1. The first-order valence-corrected chi connectivity index (χ1v) is 9.62. The Labute approximate surface area is 195 Å². The van der Waals surface area contributed by atoms with Gasteiger partial charge in [0.25, 0.3) is 5.91 Å². The quantitative estimate of drug-likeness (QED) is 0.203. The summed E-state index contributed by atoms with van der Waals surface area (Å²) in [5.74, 6) is 2.10. The number of aliphatic imine (C=N–C) groups is 1. The van der Waals surface area contributed by atoms with Crippen LogP contribution >= 0.6 is 24.0 Å². The largest absolute Gasteiger partial charge is 0.497 e. The number of nitrogens with one attached hydrogen (secondary N) is 3. The fourth-order valence-electron chi connectivity index (χ4n) is 2.63. The van der Waals surface area contributed by atoms with Gasteiger partial charge in [-0.3, -0.25) is 9.79 Å². The Morgan fingerprint density at radius 3 is 2.37 bits per heavy atom. The molecule has 0 aliphatic rings. The summed E-state index contributed by atoms with van der Waals surface area (Å²) in [4.78, 5) is 16.3. The second-order valence-corrected chi connectivity index (χ2v) is 6.61. The topological polar surface area (TPSA) is 84.0 Å². The number of benzene rings is 2. The van der Waals surface area contributed by atoms with Gasteiger partial charge in [0.1, 0.15) is 17.6 Å². The highest BCUT2D eigenvalue weighted by atomic mass is 127. The van der Waals surface area contributed by atoms with Gasteiger partial charge >= 0.3 is 0 Å². The minimum absolute atomic E-state index is 0. The number of nitrogens with zero attached hydrogens (tertiary/aromatic N) is 1. The number of amides is 1. The van der Waals surface area contributed by atoms with E-state index in [0.29, 0.717) is 31.2 Å². The molecule has 0 aromatic heterocycles. The maximum atomic E-state index is 12.1. The minimum atomic E-state index is -0.127. The van der Waals surface area contributed by atoms with Crippen LogP contribution in [0.15, 0.2) is 53.5 Å². The van der Waals surface area contributed by atoms with Gasteiger partial charge in [0.2, 0.25) is 0 Å². The first-order chi connectivity index (χ1) is 14.0. The Hall–Kier alpha value is -2.49. The smallest absolute Gasteiger partial charge is 0.251 e. The summed E-state index contributed by atoms with van der Waals surface area (Å²) in [6, 6.07) is 15.0. The van der Waals surface area contributed by atoms with Gasteiger partial charge in [-0.2, -0.15) is 0 Å². The monoisotopic (exact) mass is 526 g/mol. The van der Waals surface area contributed by atoms with Crippen LogP contribution in [-0.4, -0.2) is 51.8 Å². The molecule has 164 valence electrons. The molecular weight excluding hydrogens is 495 g/mol. The van der Waals surface area contributed by atoms with Crippen LogP contribution in [0.1, 0.15) is 22.8 Å². The van der Waals surface area contributed by atoms with Crippen LogP contribution in [0.25, 0.3) is 0 Å². The Morgan fingerprint density at radius 2 is 1.73 bits per heavy atom. The lowest BCUT2D eigenvalue weighted by molar-refractivity contribution is 0.0954.